The molecule has 1 aromatic rings. The van der Waals surface area contributed by atoms with Crippen molar-refractivity contribution in [3.8, 4) is 0 Å². The Bertz CT molecular complexity index is 413. The maximum Gasteiger partial charge on any atom is 0.127 e. The molecule has 100 valence electrons. The van der Waals surface area contributed by atoms with E-state index in [2.05, 4.69) is 33.0 Å². The number of benzene rings is 1. The fourth-order valence-electron chi connectivity index (χ4n) is 3.35. The smallest absolute Gasteiger partial charge is 0.127 e. The topological polar surface area (TPSA) is 12.0 Å². The Labute approximate surface area is 110 Å². The van der Waals surface area contributed by atoms with Crippen LogP contribution in [0.1, 0.15) is 52.1 Å². The van der Waals surface area contributed by atoms with E-state index in [-0.39, 0.29) is 11.9 Å². The second-order valence-corrected chi connectivity index (χ2v) is 6.57. The van der Waals surface area contributed by atoms with Crippen LogP contribution < -0.4 is 5.32 Å². The van der Waals surface area contributed by atoms with Crippen molar-refractivity contribution in [2.75, 3.05) is 0 Å². The van der Waals surface area contributed by atoms with Gasteiger partial charge >= 0.3 is 0 Å². The third-order valence-electron chi connectivity index (χ3n) is 4.17. The summed E-state index contributed by atoms with van der Waals surface area (Å²) in [5, 5.41) is 3.60. The van der Waals surface area contributed by atoms with Crippen LogP contribution in [0.4, 0.5) is 4.39 Å². The molecular weight excluding hydrogens is 225 g/mol. The second kappa shape index (κ2) is 5.00. The summed E-state index contributed by atoms with van der Waals surface area (Å²) in [6, 6.07) is 7.63. The first kappa shape index (κ1) is 13.5. The van der Waals surface area contributed by atoms with Crippen molar-refractivity contribution >= 4 is 0 Å². The molecule has 1 aliphatic rings. The molecule has 18 heavy (non-hydrogen) atoms. The number of hydrogen-bond donors (Lipinski definition) is 1. The number of rotatable bonds is 3. The summed E-state index contributed by atoms with van der Waals surface area (Å²) in [4.78, 5) is 0. The first-order valence-corrected chi connectivity index (χ1v) is 6.89. The molecule has 1 nitrogen and oxygen atoms in total. The Morgan fingerprint density at radius 2 is 1.94 bits per heavy atom. The van der Waals surface area contributed by atoms with Gasteiger partial charge in [-0.1, -0.05) is 39.0 Å². The third kappa shape index (κ3) is 2.92. The van der Waals surface area contributed by atoms with Crippen LogP contribution in [0.25, 0.3) is 0 Å². The quantitative estimate of drug-likeness (QED) is 0.842. The summed E-state index contributed by atoms with van der Waals surface area (Å²) in [7, 11) is 0. The molecule has 1 saturated carbocycles. The van der Waals surface area contributed by atoms with Crippen LogP contribution in [-0.2, 0) is 0 Å². The molecule has 0 heterocycles. The third-order valence-corrected chi connectivity index (χ3v) is 4.17. The van der Waals surface area contributed by atoms with Gasteiger partial charge in [-0.2, -0.15) is 0 Å². The van der Waals surface area contributed by atoms with Crippen molar-refractivity contribution in [3.63, 3.8) is 0 Å². The van der Waals surface area contributed by atoms with Gasteiger partial charge in [0, 0.05) is 17.6 Å². The lowest BCUT2D eigenvalue weighted by Crippen LogP contribution is -2.34. The van der Waals surface area contributed by atoms with E-state index in [1.54, 1.807) is 6.07 Å². The monoisotopic (exact) mass is 249 g/mol. The van der Waals surface area contributed by atoms with Gasteiger partial charge in [0.2, 0.25) is 0 Å². The standard InChI is InChI=1S/C16H24FN/c1-11-9-16(3,4)10-15(11)18-12(2)13-7-5-6-8-14(13)17/h5-8,11-12,15,18H,9-10H2,1-4H3. The molecule has 1 aliphatic carbocycles. The van der Waals surface area contributed by atoms with Gasteiger partial charge in [-0.15, -0.1) is 0 Å². The zero-order valence-corrected chi connectivity index (χ0v) is 11.8. The summed E-state index contributed by atoms with van der Waals surface area (Å²) < 4.78 is 13.7. The number of halogens is 1. The van der Waals surface area contributed by atoms with Crippen molar-refractivity contribution in [2.45, 2.75) is 52.6 Å². The van der Waals surface area contributed by atoms with Gasteiger partial charge in [0.25, 0.3) is 0 Å². The fraction of sp³-hybridized carbons (Fsp3) is 0.625. The van der Waals surface area contributed by atoms with Crippen LogP contribution >= 0.6 is 0 Å². The van der Waals surface area contributed by atoms with E-state index in [4.69, 9.17) is 0 Å². The zero-order valence-electron chi connectivity index (χ0n) is 11.8. The van der Waals surface area contributed by atoms with Crippen molar-refractivity contribution in [1.29, 1.82) is 0 Å². The van der Waals surface area contributed by atoms with Crippen LogP contribution in [0.15, 0.2) is 24.3 Å². The van der Waals surface area contributed by atoms with E-state index in [0.29, 0.717) is 17.4 Å². The average molecular weight is 249 g/mol. The maximum absolute atomic E-state index is 13.7. The molecule has 0 aromatic heterocycles. The molecule has 2 rings (SSSR count). The fourth-order valence-corrected chi connectivity index (χ4v) is 3.35. The predicted octanol–water partition coefficient (Wildman–Crippen LogP) is 4.30. The zero-order chi connectivity index (χ0) is 13.3. The van der Waals surface area contributed by atoms with Crippen LogP contribution in [0.5, 0.6) is 0 Å². The highest BCUT2D eigenvalue weighted by atomic mass is 19.1. The molecule has 1 fully saturated rings. The summed E-state index contributed by atoms with van der Waals surface area (Å²) in [5.74, 6) is 0.552. The SMILES string of the molecule is CC(NC1CC(C)(C)CC1C)c1ccccc1F. The van der Waals surface area contributed by atoms with E-state index in [0.717, 1.165) is 5.56 Å². The molecule has 2 heteroatoms. The van der Waals surface area contributed by atoms with Crippen LogP contribution in [0.2, 0.25) is 0 Å². The van der Waals surface area contributed by atoms with Gasteiger partial charge in [0.05, 0.1) is 0 Å². The highest BCUT2D eigenvalue weighted by molar-refractivity contribution is 5.20. The van der Waals surface area contributed by atoms with Gasteiger partial charge in [0.15, 0.2) is 0 Å². The lowest BCUT2D eigenvalue weighted by atomic mass is 9.91. The van der Waals surface area contributed by atoms with E-state index in [1.807, 2.05) is 12.1 Å². The van der Waals surface area contributed by atoms with Crippen molar-refractivity contribution in [1.82, 2.24) is 5.32 Å². The molecule has 0 radical (unpaired) electrons. The molecule has 0 bridgehead atoms. The van der Waals surface area contributed by atoms with Crippen molar-refractivity contribution < 1.29 is 4.39 Å². The van der Waals surface area contributed by atoms with Gasteiger partial charge in [-0.25, -0.2) is 4.39 Å². The molecule has 1 aromatic carbocycles. The Kier molecular flexibility index (Phi) is 3.76. The summed E-state index contributed by atoms with van der Waals surface area (Å²) in [6.45, 7) is 8.98. The van der Waals surface area contributed by atoms with Crippen molar-refractivity contribution in [2.24, 2.45) is 11.3 Å². The highest BCUT2D eigenvalue weighted by Gasteiger charge is 2.37. The first-order chi connectivity index (χ1) is 8.39. The summed E-state index contributed by atoms with van der Waals surface area (Å²) in [6.07, 6.45) is 2.42. The minimum atomic E-state index is -0.109. The molecule has 0 aliphatic heterocycles. The summed E-state index contributed by atoms with van der Waals surface area (Å²) >= 11 is 0. The van der Waals surface area contributed by atoms with Crippen LogP contribution in [0.3, 0.4) is 0 Å². The van der Waals surface area contributed by atoms with Crippen LogP contribution in [-0.4, -0.2) is 6.04 Å². The Morgan fingerprint density at radius 3 is 2.50 bits per heavy atom. The average Bonchev–Trinajstić information content (AvgIpc) is 2.52. The predicted molar refractivity (Wildman–Crippen MR) is 73.9 cm³/mol. The van der Waals surface area contributed by atoms with E-state index < -0.39 is 0 Å². The molecule has 1 N–H and O–H groups in total. The van der Waals surface area contributed by atoms with Gasteiger partial charge in [0.1, 0.15) is 5.82 Å². The Balaban J connectivity index is 2.04. The lowest BCUT2D eigenvalue weighted by molar-refractivity contribution is 0.354. The van der Waals surface area contributed by atoms with Gasteiger partial charge in [-0.05, 0) is 37.2 Å². The van der Waals surface area contributed by atoms with Gasteiger partial charge < -0.3 is 5.32 Å². The molecular formula is C16H24FN. The minimum absolute atomic E-state index is 0.0764. The Morgan fingerprint density at radius 1 is 1.28 bits per heavy atom. The summed E-state index contributed by atoms with van der Waals surface area (Å²) in [5.41, 5.74) is 1.18. The largest absolute Gasteiger partial charge is 0.307 e. The number of hydrogen-bond acceptors (Lipinski definition) is 1. The first-order valence-electron chi connectivity index (χ1n) is 6.89. The Hall–Kier alpha value is -0.890. The normalized spacial score (nSPS) is 28.3. The maximum atomic E-state index is 13.7. The molecule has 0 saturated heterocycles. The molecule has 3 unspecified atom stereocenters. The minimum Gasteiger partial charge on any atom is -0.307 e. The van der Waals surface area contributed by atoms with E-state index in [9.17, 15) is 4.39 Å². The van der Waals surface area contributed by atoms with Crippen LogP contribution in [0, 0.1) is 17.2 Å². The highest BCUT2D eigenvalue weighted by Crippen LogP contribution is 2.41. The molecule has 0 amide bonds. The molecule has 3 atom stereocenters. The van der Waals surface area contributed by atoms with Gasteiger partial charge in [-0.3, -0.25) is 0 Å². The van der Waals surface area contributed by atoms with Crippen molar-refractivity contribution in [3.05, 3.63) is 35.6 Å². The van der Waals surface area contributed by atoms with E-state index in [1.165, 1.54) is 18.9 Å². The number of nitrogens with one attached hydrogen (secondary N) is 1. The van der Waals surface area contributed by atoms with E-state index >= 15 is 0 Å². The second-order valence-electron chi connectivity index (χ2n) is 6.57. The molecule has 0 spiro atoms. The lowest BCUT2D eigenvalue weighted by Gasteiger charge is -2.24.